The predicted octanol–water partition coefficient (Wildman–Crippen LogP) is 1.76. The second kappa shape index (κ2) is 2.81. The lowest BCUT2D eigenvalue weighted by Crippen LogP contribution is -2.18. The minimum atomic E-state index is -0.218. The van der Waals surface area contributed by atoms with E-state index in [1.54, 1.807) is 10.9 Å². The third-order valence-electron chi connectivity index (χ3n) is 1.81. The molecule has 0 aliphatic carbocycles. The van der Waals surface area contributed by atoms with Gasteiger partial charge in [-0.25, -0.2) is 9.53 Å². The van der Waals surface area contributed by atoms with E-state index in [2.05, 4.69) is 0 Å². The Bertz CT molecular complexity index is 314. The van der Waals surface area contributed by atoms with Gasteiger partial charge in [0.25, 0.3) is 0 Å². The van der Waals surface area contributed by atoms with Gasteiger partial charge in [-0.05, 0) is 12.3 Å². The first-order valence-corrected chi connectivity index (χ1v) is 4.16. The number of aryl methyl sites for hydroxylation is 1. The van der Waals surface area contributed by atoms with E-state index >= 15 is 0 Å². The zero-order valence-corrected chi connectivity index (χ0v) is 8.05. The summed E-state index contributed by atoms with van der Waals surface area (Å²) in [5.41, 5.74) is 0.398. The Morgan fingerprint density at radius 3 is 2.33 bits per heavy atom. The van der Waals surface area contributed by atoms with Crippen LogP contribution in [0, 0.1) is 0 Å². The third-order valence-corrected chi connectivity index (χ3v) is 1.81. The van der Waals surface area contributed by atoms with Crippen molar-refractivity contribution in [1.29, 1.82) is 0 Å². The van der Waals surface area contributed by atoms with Gasteiger partial charge in [0.05, 0.1) is 12.1 Å². The lowest BCUT2D eigenvalue weighted by Gasteiger charge is -2.12. The number of nitrogens with zero attached hydrogens (tertiary/aromatic N) is 1. The molecule has 0 N–H and O–H groups in total. The van der Waals surface area contributed by atoms with Gasteiger partial charge in [-0.15, -0.1) is 0 Å². The van der Waals surface area contributed by atoms with Gasteiger partial charge in [-0.2, -0.15) is 0 Å². The Kier molecular flexibility index (Phi) is 2.13. The molecule has 0 amide bonds. The molecule has 0 unspecified atom stereocenters. The lowest BCUT2D eigenvalue weighted by atomic mass is 9.90. The highest BCUT2D eigenvalue weighted by Gasteiger charge is 2.20. The molecule has 0 aliphatic heterocycles. The van der Waals surface area contributed by atoms with Crippen LogP contribution < -0.4 is 5.63 Å². The Morgan fingerprint density at radius 1 is 1.50 bits per heavy atom. The van der Waals surface area contributed by atoms with Gasteiger partial charge in [0, 0.05) is 6.20 Å². The van der Waals surface area contributed by atoms with E-state index in [4.69, 9.17) is 4.52 Å². The normalized spacial score (nSPS) is 12.0. The molecule has 12 heavy (non-hydrogen) atoms. The molecule has 1 heterocycles. The average Bonchev–Trinajstić information content (AvgIpc) is 2.29. The van der Waals surface area contributed by atoms with E-state index in [1.807, 2.05) is 27.7 Å². The maximum absolute atomic E-state index is 11.3. The summed E-state index contributed by atoms with van der Waals surface area (Å²) in [6.45, 7) is 8.64. The zero-order chi connectivity index (χ0) is 9.35. The van der Waals surface area contributed by atoms with Crippen LogP contribution in [0.3, 0.4) is 0 Å². The van der Waals surface area contributed by atoms with Gasteiger partial charge in [-0.3, -0.25) is 0 Å². The molecule has 0 saturated heterocycles. The number of rotatable bonds is 1. The molecular weight excluding hydrogens is 154 g/mol. The molecule has 1 aromatic rings. The maximum atomic E-state index is 11.3. The third kappa shape index (κ3) is 1.60. The van der Waals surface area contributed by atoms with Gasteiger partial charge in [0.15, 0.2) is 0 Å². The summed E-state index contributed by atoms with van der Waals surface area (Å²) in [7, 11) is 0. The molecule has 0 atom stereocenters. The number of aromatic nitrogens is 1. The highest BCUT2D eigenvalue weighted by atomic mass is 16.5. The Morgan fingerprint density at radius 2 is 2.08 bits per heavy atom. The quantitative estimate of drug-likeness (QED) is 0.642. The van der Waals surface area contributed by atoms with Crippen molar-refractivity contribution in [1.82, 2.24) is 4.74 Å². The molecule has 1 rings (SSSR count). The van der Waals surface area contributed by atoms with Crippen molar-refractivity contribution in [2.24, 2.45) is 0 Å². The molecule has 68 valence electrons. The SMILES string of the molecule is CCn1cc(C(C)(C)C)c(=O)o1. The minimum absolute atomic E-state index is 0.124. The van der Waals surface area contributed by atoms with Gasteiger partial charge in [-0.1, -0.05) is 20.8 Å². The van der Waals surface area contributed by atoms with E-state index in [1.165, 1.54) is 0 Å². The molecule has 1 aromatic heterocycles. The summed E-state index contributed by atoms with van der Waals surface area (Å²) in [4.78, 5) is 11.3. The van der Waals surface area contributed by atoms with Crippen LogP contribution in [0.4, 0.5) is 0 Å². The molecule has 0 radical (unpaired) electrons. The van der Waals surface area contributed by atoms with Crippen molar-refractivity contribution in [3.8, 4) is 0 Å². The fraction of sp³-hybridized carbons (Fsp3) is 0.667. The number of hydrogen-bond acceptors (Lipinski definition) is 2. The second-order valence-corrected chi connectivity index (χ2v) is 3.90. The van der Waals surface area contributed by atoms with E-state index in [-0.39, 0.29) is 11.0 Å². The topological polar surface area (TPSA) is 35.1 Å². The molecule has 0 aromatic carbocycles. The monoisotopic (exact) mass is 169 g/mol. The van der Waals surface area contributed by atoms with E-state index < -0.39 is 0 Å². The van der Waals surface area contributed by atoms with Gasteiger partial charge in [0.1, 0.15) is 0 Å². The first-order chi connectivity index (χ1) is 5.45. The van der Waals surface area contributed by atoms with Crippen LogP contribution in [0.5, 0.6) is 0 Å². The summed E-state index contributed by atoms with van der Waals surface area (Å²) in [6.07, 6.45) is 1.78. The van der Waals surface area contributed by atoms with Crippen molar-refractivity contribution in [3.63, 3.8) is 0 Å². The average molecular weight is 169 g/mol. The van der Waals surface area contributed by atoms with Crippen molar-refractivity contribution in [3.05, 3.63) is 22.2 Å². The fourth-order valence-electron chi connectivity index (χ4n) is 1.03. The molecule has 0 fully saturated rings. The smallest absolute Gasteiger partial charge is 0.336 e. The van der Waals surface area contributed by atoms with E-state index in [0.29, 0.717) is 6.54 Å². The first-order valence-electron chi connectivity index (χ1n) is 4.16. The second-order valence-electron chi connectivity index (χ2n) is 3.90. The Balaban J connectivity index is 3.17. The van der Waals surface area contributed by atoms with E-state index in [9.17, 15) is 4.79 Å². The van der Waals surface area contributed by atoms with Crippen LogP contribution >= 0.6 is 0 Å². The van der Waals surface area contributed by atoms with Crippen molar-refractivity contribution >= 4 is 0 Å². The summed E-state index contributed by atoms with van der Waals surface area (Å²) in [5.74, 6) is 0. The van der Waals surface area contributed by atoms with Crippen LogP contribution in [-0.2, 0) is 12.0 Å². The van der Waals surface area contributed by atoms with Crippen LogP contribution in [-0.4, -0.2) is 4.74 Å². The van der Waals surface area contributed by atoms with Gasteiger partial charge < -0.3 is 4.52 Å². The van der Waals surface area contributed by atoms with Gasteiger partial charge in [0.2, 0.25) is 0 Å². The zero-order valence-electron chi connectivity index (χ0n) is 8.05. The molecule has 0 saturated carbocycles. The molecule has 3 nitrogen and oxygen atoms in total. The highest BCUT2D eigenvalue weighted by Crippen LogP contribution is 2.18. The van der Waals surface area contributed by atoms with Crippen molar-refractivity contribution in [2.45, 2.75) is 39.7 Å². The minimum Gasteiger partial charge on any atom is -0.336 e. The standard InChI is InChI=1S/C9H15NO2/c1-5-10-6-7(8(11)12-10)9(2,3)4/h6H,5H2,1-4H3. The fourth-order valence-corrected chi connectivity index (χ4v) is 1.03. The highest BCUT2D eigenvalue weighted by molar-refractivity contribution is 5.13. The van der Waals surface area contributed by atoms with Crippen LogP contribution in [0.25, 0.3) is 0 Å². The van der Waals surface area contributed by atoms with Crippen LogP contribution in [0.2, 0.25) is 0 Å². The Labute approximate surface area is 72.0 Å². The summed E-state index contributed by atoms with van der Waals surface area (Å²) in [6, 6.07) is 0. The molecule has 0 aliphatic rings. The molecule has 0 spiro atoms. The largest absolute Gasteiger partial charge is 0.361 e. The number of hydrogen-bond donors (Lipinski definition) is 0. The summed E-state index contributed by atoms with van der Waals surface area (Å²) in [5, 5.41) is 0. The molecular formula is C9H15NO2. The molecule has 3 heteroatoms. The van der Waals surface area contributed by atoms with Crippen molar-refractivity contribution in [2.75, 3.05) is 0 Å². The maximum Gasteiger partial charge on any atom is 0.361 e. The Hall–Kier alpha value is -0.990. The van der Waals surface area contributed by atoms with E-state index in [0.717, 1.165) is 5.56 Å². The summed E-state index contributed by atoms with van der Waals surface area (Å²) < 4.78 is 6.51. The predicted molar refractivity (Wildman–Crippen MR) is 47.3 cm³/mol. The summed E-state index contributed by atoms with van der Waals surface area (Å²) >= 11 is 0. The first kappa shape index (κ1) is 9.10. The van der Waals surface area contributed by atoms with Crippen LogP contribution in [0.15, 0.2) is 15.5 Å². The van der Waals surface area contributed by atoms with Gasteiger partial charge >= 0.3 is 5.63 Å². The molecule has 0 bridgehead atoms. The van der Waals surface area contributed by atoms with Crippen molar-refractivity contribution < 1.29 is 4.52 Å². The van der Waals surface area contributed by atoms with Crippen LogP contribution in [0.1, 0.15) is 33.3 Å². The lowest BCUT2D eigenvalue weighted by molar-refractivity contribution is 0.258.